The number of hydrogen-bond donors (Lipinski definition) is 2. The Morgan fingerprint density at radius 3 is 2.64 bits per heavy atom. The van der Waals surface area contributed by atoms with Crippen molar-refractivity contribution >= 4 is 17.9 Å². The molecule has 1 atom stereocenters. The van der Waals surface area contributed by atoms with Crippen LogP contribution in [0.3, 0.4) is 0 Å². The van der Waals surface area contributed by atoms with Gasteiger partial charge in [-0.15, -0.1) is 0 Å². The monoisotopic (exact) mass is 350 g/mol. The average Bonchev–Trinajstić information content (AvgIpc) is 3.12. The van der Waals surface area contributed by atoms with Crippen molar-refractivity contribution in [3.05, 3.63) is 29.8 Å². The van der Waals surface area contributed by atoms with Gasteiger partial charge in [-0.05, 0) is 44.0 Å². The second-order valence-corrected chi connectivity index (χ2v) is 5.45. The molecule has 1 saturated heterocycles. The fraction of sp³-hybridized carbons (Fsp3) is 0.471. The van der Waals surface area contributed by atoms with Gasteiger partial charge in [0.05, 0.1) is 11.7 Å². The molecule has 0 spiro atoms. The van der Waals surface area contributed by atoms with Crippen LogP contribution in [0.15, 0.2) is 24.3 Å². The Morgan fingerprint density at radius 1 is 1.24 bits per heavy atom. The van der Waals surface area contributed by atoms with Crippen LogP contribution in [0.25, 0.3) is 0 Å². The van der Waals surface area contributed by atoms with Gasteiger partial charge in [-0.2, -0.15) is 0 Å². The minimum absolute atomic E-state index is 0.119. The molecule has 0 bridgehead atoms. The van der Waals surface area contributed by atoms with E-state index in [4.69, 9.17) is 14.2 Å². The highest BCUT2D eigenvalue weighted by Gasteiger charge is 2.16. The van der Waals surface area contributed by atoms with Crippen molar-refractivity contribution in [2.45, 2.75) is 25.9 Å². The summed E-state index contributed by atoms with van der Waals surface area (Å²) in [6.45, 7) is 2.82. The Kier molecular flexibility index (Phi) is 7.21. The molecule has 2 N–H and O–H groups in total. The maximum atomic E-state index is 11.9. The van der Waals surface area contributed by atoms with Crippen LogP contribution in [-0.2, 0) is 14.3 Å². The maximum Gasteiger partial charge on any atom is 0.338 e. The van der Waals surface area contributed by atoms with E-state index in [0.717, 1.165) is 19.4 Å². The Hall–Kier alpha value is -2.61. The van der Waals surface area contributed by atoms with Gasteiger partial charge >= 0.3 is 12.0 Å². The predicted octanol–water partition coefficient (Wildman–Crippen LogP) is 1.25. The standard InChI is InChI=1S/C17H22N2O6/c1-2-18-17(22)19-15(20)11-25-16(21)12-5-7-13(8-6-12)24-10-14-4-3-9-23-14/h5-8,14H,2-4,9-11H2,1H3,(H2,18,19,20,22)/t14-/m0/s1. The summed E-state index contributed by atoms with van der Waals surface area (Å²) < 4.78 is 15.9. The number of nitrogens with one attached hydrogen (secondary N) is 2. The summed E-state index contributed by atoms with van der Waals surface area (Å²) >= 11 is 0. The maximum absolute atomic E-state index is 11.9. The van der Waals surface area contributed by atoms with Crippen molar-refractivity contribution in [1.29, 1.82) is 0 Å². The van der Waals surface area contributed by atoms with Gasteiger partial charge in [0, 0.05) is 13.2 Å². The fourth-order valence-corrected chi connectivity index (χ4v) is 2.23. The summed E-state index contributed by atoms with van der Waals surface area (Å²) in [6.07, 6.45) is 2.16. The number of hydrogen-bond acceptors (Lipinski definition) is 6. The lowest BCUT2D eigenvalue weighted by Crippen LogP contribution is -2.41. The number of carbonyl (C=O) groups is 3. The van der Waals surface area contributed by atoms with E-state index >= 15 is 0 Å². The summed E-state index contributed by atoms with van der Waals surface area (Å²) in [6, 6.07) is 5.78. The molecule has 2 rings (SSSR count). The van der Waals surface area contributed by atoms with Crippen molar-refractivity contribution in [2.24, 2.45) is 0 Å². The van der Waals surface area contributed by atoms with E-state index in [1.807, 2.05) is 5.32 Å². The molecule has 1 fully saturated rings. The van der Waals surface area contributed by atoms with Gasteiger partial charge in [0.15, 0.2) is 6.61 Å². The molecule has 1 aromatic carbocycles. The minimum atomic E-state index is -0.698. The van der Waals surface area contributed by atoms with E-state index in [1.54, 1.807) is 31.2 Å². The molecule has 136 valence electrons. The number of ether oxygens (including phenoxy) is 3. The second kappa shape index (κ2) is 9.63. The van der Waals surface area contributed by atoms with E-state index < -0.39 is 24.5 Å². The Labute approximate surface area is 145 Å². The SMILES string of the molecule is CCNC(=O)NC(=O)COC(=O)c1ccc(OC[C@@H]2CCCO2)cc1. The third kappa shape index (κ3) is 6.42. The lowest BCUT2D eigenvalue weighted by molar-refractivity contribution is -0.123. The first-order chi connectivity index (χ1) is 12.1. The molecule has 8 nitrogen and oxygen atoms in total. The summed E-state index contributed by atoms with van der Waals surface area (Å²) in [5, 5.41) is 4.44. The third-order valence-corrected chi connectivity index (χ3v) is 3.47. The first-order valence-electron chi connectivity index (χ1n) is 8.17. The molecular formula is C17H22N2O6. The molecule has 25 heavy (non-hydrogen) atoms. The number of imide groups is 1. The Morgan fingerprint density at radius 2 is 2.00 bits per heavy atom. The average molecular weight is 350 g/mol. The molecule has 0 aromatic heterocycles. The van der Waals surface area contributed by atoms with Crippen LogP contribution in [0.5, 0.6) is 5.75 Å². The molecule has 1 aliphatic rings. The van der Waals surface area contributed by atoms with E-state index in [9.17, 15) is 14.4 Å². The van der Waals surface area contributed by atoms with Crippen LogP contribution in [0.1, 0.15) is 30.1 Å². The first-order valence-corrected chi connectivity index (χ1v) is 8.17. The summed E-state index contributed by atoms with van der Waals surface area (Å²) in [5.41, 5.74) is 0.287. The summed E-state index contributed by atoms with van der Waals surface area (Å²) in [7, 11) is 0. The van der Waals surface area contributed by atoms with Gasteiger partial charge in [-0.3, -0.25) is 10.1 Å². The molecule has 0 radical (unpaired) electrons. The molecule has 3 amide bonds. The van der Waals surface area contributed by atoms with E-state index in [0.29, 0.717) is 18.9 Å². The van der Waals surface area contributed by atoms with Crippen LogP contribution in [0.4, 0.5) is 4.79 Å². The topological polar surface area (TPSA) is 103 Å². The van der Waals surface area contributed by atoms with Crippen molar-refractivity contribution in [2.75, 3.05) is 26.4 Å². The van der Waals surface area contributed by atoms with Gasteiger partial charge in [0.1, 0.15) is 12.4 Å². The smallest absolute Gasteiger partial charge is 0.338 e. The second-order valence-electron chi connectivity index (χ2n) is 5.45. The van der Waals surface area contributed by atoms with Crippen molar-refractivity contribution in [3.63, 3.8) is 0 Å². The number of carbonyl (C=O) groups excluding carboxylic acids is 3. The zero-order chi connectivity index (χ0) is 18.1. The van der Waals surface area contributed by atoms with Crippen molar-refractivity contribution < 1.29 is 28.6 Å². The normalized spacial score (nSPS) is 16.1. The molecule has 0 saturated carbocycles. The van der Waals surface area contributed by atoms with Gasteiger partial charge < -0.3 is 19.5 Å². The molecule has 0 unspecified atom stereocenters. The lowest BCUT2D eigenvalue weighted by atomic mass is 10.2. The van der Waals surface area contributed by atoms with Crippen molar-refractivity contribution in [3.8, 4) is 5.75 Å². The molecule has 8 heteroatoms. The van der Waals surface area contributed by atoms with E-state index in [2.05, 4.69) is 5.32 Å². The molecule has 1 aromatic rings. The Balaban J connectivity index is 1.73. The predicted molar refractivity (Wildman–Crippen MR) is 88.4 cm³/mol. The zero-order valence-electron chi connectivity index (χ0n) is 14.1. The van der Waals surface area contributed by atoms with Crippen LogP contribution >= 0.6 is 0 Å². The summed E-state index contributed by atoms with van der Waals surface area (Å²) in [4.78, 5) is 34.5. The quantitative estimate of drug-likeness (QED) is 0.718. The van der Waals surface area contributed by atoms with Gasteiger partial charge in [-0.25, -0.2) is 9.59 Å². The third-order valence-electron chi connectivity index (χ3n) is 3.47. The van der Waals surface area contributed by atoms with Crippen LogP contribution in [0, 0.1) is 0 Å². The molecule has 1 heterocycles. The van der Waals surface area contributed by atoms with E-state index in [1.165, 1.54) is 0 Å². The fourth-order valence-electron chi connectivity index (χ4n) is 2.23. The highest BCUT2D eigenvalue weighted by molar-refractivity contribution is 5.97. The highest BCUT2D eigenvalue weighted by atomic mass is 16.5. The van der Waals surface area contributed by atoms with Gasteiger partial charge in [0.2, 0.25) is 0 Å². The van der Waals surface area contributed by atoms with Crippen molar-refractivity contribution in [1.82, 2.24) is 10.6 Å². The van der Waals surface area contributed by atoms with Gasteiger partial charge in [0.25, 0.3) is 5.91 Å². The highest BCUT2D eigenvalue weighted by Crippen LogP contribution is 2.17. The van der Waals surface area contributed by atoms with Gasteiger partial charge in [-0.1, -0.05) is 0 Å². The minimum Gasteiger partial charge on any atom is -0.491 e. The zero-order valence-corrected chi connectivity index (χ0v) is 14.1. The molecule has 1 aliphatic heterocycles. The largest absolute Gasteiger partial charge is 0.491 e. The van der Waals surface area contributed by atoms with E-state index in [-0.39, 0.29) is 11.7 Å². The van der Waals surface area contributed by atoms with Crippen LogP contribution < -0.4 is 15.4 Å². The van der Waals surface area contributed by atoms with Crippen LogP contribution in [0.2, 0.25) is 0 Å². The first kappa shape index (κ1) is 18.7. The number of rotatable bonds is 7. The number of urea groups is 1. The number of amides is 3. The molecular weight excluding hydrogens is 328 g/mol. The number of benzene rings is 1. The molecule has 0 aliphatic carbocycles. The lowest BCUT2D eigenvalue weighted by Gasteiger charge is -2.11. The number of esters is 1. The summed E-state index contributed by atoms with van der Waals surface area (Å²) in [5.74, 6) is -0.728. The Bertz CT molecular complexity index is 596. The van der Waals surface area contributed by atoms with Crippen LogP contribution in [-0.4, -0.2) is 50.4 Å².